The van der Waals surface area contributed by atoms with E-state index >= 15 is 0 Å². The number of amides is 1. The van der Waals surface area contributed by atoms with Gasteiger partial charge in [0, 0.05) is 12.1 Å². The second-order valence-electron chi connectivity index (χ2n) is 6.71. The van der Waals surface area contributed by atoms with Gasteiger partial charge in [-0.05, 0) is 74.4 Å². The molecule has 3 rings (SSSR count). The van der Waals surface area contributed by atoms with Crippen molar-refractivity contribution in [1.29, 1.82) is 0 Å². The lowest BCUT2D eigenvalue weighted by atomic mass is 10.1. The highest BCUT2D eigenvalue weighted by Gasteiger charge is 2.32. The fourth-order valence-corrected chi connectivity index (χ4v) is 3.91. The molecule has 0 bridgehead atoms. The molecule has 146 valence electrons. The van der Waals surface area contributed by atoms with Crippen LogP contribution in [0.25, 0.3) is 6.08 Å². The van der Waals surface area contributed by atoms with Crippen LogP contribution < -0.4 is 4.74 Å². The molecular weight excluding hydrogens is 368 g/mol. The van der Waals surface area contributed by atoms with Gasteiger partial charge in [-0.15, -0.1) is 0 Å². The summed E-state index contributed by atoms with van der Waals surface area (Å²) in [6, 6.07) is 13.9. The summed E-state index contributed by atoms with van der Waals surface area (Å²) in [4.78, 5) is 20.0. The second-order valence-corrected chi connectivity index (χ2v) is 7.72. The minimum absolute atomic E-state index is 0.0135. The number of amidine groups is 1. The van der Waals surface area contributed by atoms with Crippen molar-refractivity contribution in [2.75, 3.05) is 13.2 Å². The SMILES string of the molecule is CCCOc1ccccc1/C=C1/SC(=Nc2ccc(C)c(C)c2)N(CC)C1=O. The molecule has 0 aromatic heterocycles. The zero-order chi connectivity index (χ0) is 20.1. The van der Waals surface area contributed by atoms with Crippen LogP contribution in [0.1, 0.15) is 37.0 Å². The summed E-state index contributed by atoms with van der Waals surface area (Å²) in [7, 11) is 0. The summed E-state index contributed by atoms with van der Waals surface area (Å²) >= 11 is 1.42. The lowest BCUT2D eigenvalue weighted by molar-refractivity contribution is -0.122. The van der Waals surface area contributed by atoms with Crippen LogP contribution in [0.3, 0.4) is 0 Å². The average Bonchev–Trinajstić information content (AvgIpc) is 2.98. The van der Waals surface area contributed by atoms with Crippen molar-refractivity contribution >= 4 is 34.6 Å². The Hall–Kier alpha value is -2.53. The number of aryl methyl sites for hydroxylation is 2. The Labute approximate surface area is 171 Å². The molecule has 0 N–H and O–H groups in total. The lowest BCUT2D eigenvalue weighted by Crippen LogP contribution is -2.28. The third-order valence-corrected chi connectivity index (χ3v) is 5.59. The monoisotopic (exact) mass is 394 g/mol. The third kappa shape index (κ3) is 4.47. The van der Waals surface area contributed by atoms with Crippen LogP contribution in [0.5, 0.6) is 5.75 Å². The summed E-state index contributed by atoms with van der Waals surface area (Å²) in [5, 5.41) is 0.717. The number of para-hydroxylation sites is 1. The maximum absolute atomic E-state index is 12.9. The number of rotatable bonds is 6. The molecule has 1 amide bonds. The van der Waals surface area contributed by atoms with Gasteiger partial charge in [0.25, 0.3) is 5.91 Å². The molecule has 1 saturated heterocycles. The molecule has 4 nitrogen and oxygen atoms in total. The van der Waals surface area contributed by atoms with E-state index in [4.69, 9.17) is 9.73 Å². The van der Waals surface area contributed by atoms with Crippen LogP contribution in [0.15, 0.2) is 52.4 Å². The summed E-state index contributed by atoms with van der Waals surface area (Å²) in [5.41, 5.74) is 4.20. The van der Waals surface area contributed by atoms with Crippen molar-refractivity contribution in [2.45, 2.75) is 34.1 Å². The van der Waals surface area contributed by atoms with Crippen molar-refractivity contribution < 1.29 is 9.53 Å². The maximum Gasteiger partial charge on any atom is 0.266 e. The molecule has 2 aromatic rings. The highest BCUT2D eigenvalue weighted by atomic mass is 32.2. The molecule has 28 heavy (non-hydrogen) atoms. The van der Waals surface area contributed by atoms with E-state index in [0.717, 1.165) is 23.4 Å². The third-order valence-electron chi connectivity index (χ3n) is 4.59. The van der Waals surface area contributed by atoms with Gasteiger partial charge < -0.3 is 4.74 Å². The van der Waals surface area contributed by atoms with Crippen molar-refractivity contribution in [3.05, 3.63) is 64.1 Å². The molecule has 0 saturated carbocycles. The largest absolute Gasteiger partial charge is 0.493 e. The summed E-state index contributed by atoms with van der Waals surface area (Å²) < 4.78 is 5.82. The summed E-state index contributed by atoms with van der Waals surface area (Å²) in [5.74, 6) is 0.785. The molecule has 0 atom stereocenters. The van der Waals surface area contributed by atoms with E-state index in [1.165, 1.54) is 22.9 Å². The molecule has 0 spiro atoms. The van der Waals surface area contributed by atoms with Gasteiger partial charge >= 0.3 is 0 Å². The fourth-order valence-electron chi connectivity index (χ4n) is 2.86. The van der Waals surface area contributed by atoms with Crippen LogP contribution in [0.4, 0.5) is 5.69 Å². The topological polar surface area (TPSA) is 41.9 Å². The maximum atomic E-state index is 12.9. The average molecular weight is 395 g/mol. The molecule has 1 aliphatic rings. The van der Waals surface area contributed by atoms with Gasteiger partial charge in [0.2, 0.25) is 0 Å². The molecular formula is C23H26N2O2S. The van der Waals surface area contributed by atoms with Gasteiger partial charge in [0.1, 0.15) is 5.75 Å². The van der Waals surface area contributed by atoms with Gasteiger partial charge in [0.05, 0.1) is 17.2 Å². The second kappa shape index (κ2) is 9.11. The zero-order valence-electron chi connectivity index (χ0n) is 16.9. The quantitative estimate of drug-likeness (QED) is 0.589. The molecule has 5 heteroatoms. The Morgan fingerprint density at radius 3 is 2.61 bits per heavy atom. The number of thioether (sulfide) groups is 1. The van der Waals surface area contributed by atoms with E-state index in [9.17, 15) is 4.79 Å². The Bertz CT molecular complexity index is 934. The molecule has 1 heterocycles. The molecule has 2 aromatic carbocycles. The van der Waals surface area contributed by atoms with E-state index in [1.54, 1.807) is 4.90 Å². The molecule has 0 radical (unpaired) electrons. The number of carbonyl (C=O) groups is 1. The van der Waals surface area contributed by atoms with Crippen molar-refractivity contribution in [3.63, 3.8) is 0 Å². The molecule has 1 fully saturated rings. The van der Waals surface area contributed by atoms with Crippen LogP contribution in [0, 0.1) is 13.8 Å². The Morgan fingerprint density at radius 2 is 1.89 bits per heavy atom. The van der Waals surface area contributed by atoms with Crippen LogP contribution in [0.2, 0.25) is 0 Å². The number of aliphatic imine (C=N–C) groups is 1. The number of carbonyl (C=O) groups excluding carboxylic acids is 1. The first-order valence-corrected chi connectivity index (χ1v) is 10.4. The first-order valence-electron chi connectivity index (χ1n) is 9.62. The Morgan fingerprint density at radius 1 is 1.11 bits per heavy atom. The van der Waals surface area contributed by atoms with E-state index in [-0.39, 0.29) is 5.91 Å². The van der Waals surface area contributed by atoms with Gasteiger partial charge in [-0.2, -0.15) is 0 Å². The number of nitrogens with zero attached hydrogens (tertiary/aromatic N) is 2. The number of hydrogen-bond donors (Lipinski definition) is 0. The number of likely N-dealkylation sites (N-methyl/N-ethyl adjacent to an activating group) is 1. The lowest BCUT2D eigenvalue weighted by Gasteiger charge is -2.12. The minimum atomic E-state index is -0.0135. The summed E-state index contributed by atoms with van der Waals surface area (Å²) in [6.07, 6.45) is 2.85. The predicted octanol–water partition coefficient (Wildman–Crippen LogP) is 5.72. The van der Waals surface area contributed by atoms with E-state index in [0.29, 0.717) is 23.2 Å². The fraction of sp³-hybridized carbons (Fsp3) is 0.304. The first-order chi connectivity index (χ1) is 13.5. The summed E-state index contributed by atoms with van der Waals surface area (Å²) in [6.45, 7) is 9.43. The molecule has 1 aliphatic heterocycles. The standard InChI is InChI=1S/C23H26N2O2S/c1-5-13-27-20-10-8-7-9-18(20)15-21-22(26)25(6-2)23(28-21)24-19-12-11-16(3)17(4)14-19/h7-12,14-15H,5-6,13H2,1-4H3/b21-15+,24-23?. The van der Waals surface area contributed by atoms with Crippen LogP contribution >= 0.6 is 11.8 Å². The normalized spacial score (nSPS) is 17.0. The van der Waals surface area contributed by atoms with E-state index in [2.05, 4.69) is 32.9 Å². The number of benzene rings is 2. The van der Waals surface area contributed by atoms with Gasteiger partial charge in [-0.3, -0.25) is 9.69 Å². The van der Waals surface area contributed by atoms with Gasteiger partial charge in [0.15, 0.2) is 5.17 Å². The Kier molecular flexibility index (Phi) is 6.57. The molecule has 0 aliphatic carbocycles. The van der Waals surface area contributed by atoms with Crippen LogP contribution in [-0.2, 0) is 4.79 Å². The molecule has 0 unspecified atom stereocenters. The highest BCUT2D eigenvalue weighted by Crippen LogP contribution is 2.35. The van der Waals surface area contributed by atoms with Crippen molar-refractivity contribution in [1.82, 2.24) is 4.90 Å². The zero-order valence-corrected chi connectivity index (χ0v) is 17.7. The first kappa shape index (κ1) is 20.2. The van der Waals surface area contributed by atoms with Gasteiger partial charge in [-0.1, -0.05) is 31.2 Å². The van der Waals surface area contributed by atoms with Crippen molar-refractivity contribution in [3.8, 4) is 5.75 Å². The number of hydrogen-bond acceptors (Lipinski definition) is 4. The number of ether oxygens (including phenoxy) is 1. The van der Waals surface area contributed by atoms with Gasteiger partial charge in [-0.25, -0.2) is 4.99 Å². The van der Waals surface area contributed by atoms with Crippen molar-refractivity contribution in [2.24, 2.45) is 4.99 Å². The predicted molar refractivity (Wildman–Crippen MR) is 118 cm³/mol. The highest BCUT2D eigenvalue weighted by molar-refractivity contribution is 8.18. The smallest absolute Gasteiger partial charge is 0.266 e. The van der Waals surface area contributed by atoms with Crippen LogP contribution in [-0.4, -0.2) is 29.1 Å². The van der Waals surface area contributed by atoms with E-state index < -0.39 is 0 Å². The minimum Gasteiger partial charge on any atom is -0.493 e. The Balaban J connectivity index is 1.92. The van der Waals surface area contributed by atoms with E-state index in [1.807, 2.05) is 43.3 Å².